The number of aromatic nitrogens is 2. The van der Waals surface area contributed by atoms with Crippen molar-refractivity contribution in [2.45, 2.75) is 25.3 Å². The summed E-state index contributed by atoms with van der Waals surface area (Å²) in [5.74, 6) is 0.630. The van der Waals surface area contributed by atoms with Gasteiger partial charge in [0.05, 0.1) is 6.04 Å². The lowest BCUT2D eigenvalue weighted by Gasteiger charge is -2.17. The summed E-state index contributed by atoms with van der Waals surface area (Å²) >= 11 is 0. The number of anilines is 1. The van der Waals surface area contributed by atoms with Crippen LogP contribution in [0.5, 0.6) is 0 Å². The Bertz CT molecular complexity index is 429. The van der Waals surface area contributed by atoms with Crippen LogP contribution in [0.4, 0.5) is 5.82 Å². The van der Waals surface area contributed by atoms with Crippen molar-refractivity contribution >= 4 is 11.7 Å². The molecule has 1 N–H and O–H groups in total. The highest BCUT2D eigenvalue weighted by molar-refractivity contribution is 5.94. The number of hydrogen-bond donors (Lipinski definition) is 1. The Morgan fingerprint density at radius 3 is 3.00 bits per heavy atom. The molecule has 0 bridgehead atoms. The van der Waals surface area contributed by atoms with E-state index in [1.165, 1.54) is 19.2 Å². The van der Waals surface area contributed by atoms with E-state index in [1.54, 1.807) is 12.3 Å². The highest BCUT2D eigenvalue weighted by atomic mass is 16.2. The van der Waals surface area contributed by atoms with Gasteiger partial charge in [-0.05, 0) is 37.8 Å². The number of amides is 1. The second-order valence-electron chi connectivity index (χ2n) is 5.22. The van der Waals surface area contributed by atoms with Crippen molar-refractivity contribution < 1.29 is 4.79 Å². The molecule has 1 saturated heterocycles. The van der Waals surface area contributed by atoms with Gasteiger partial charge in [0.2, 0.25) is 5.91 Å². The van der Waals surface area contributed by atoms with Gasteiger partial charge in [-0.25, -0.2) is 9.97 Å². The molecule has 90 valence electrons. The van der Waals surface area contributed by atoms with Gasteiger partial charge in [0.15, 0.2) is 0 Å². The molecule has 0 radical (unpaired) electrons. The van der Waals surface area contributed by atoms with Crippen LogP contribution in [0.1, 0.15) is 19.3 Å². The molecule has 17 heavy (non-hydrogen) atoms. The number of carbonyl (C=O) groups excluding carboxylic acids is 1. The molecular weight excluding hydrogens is 216 g/mol. The molecule has 1 aromatic rings. The van der Waals surface area contributed by atoms with Crippen LogP contribution in [0.3, 0.4) is 0 Å². The van der Waals surface area contributed by atoms with E-state index in [1.807, 2.05) is 7.05 Å². The van der Waals surface area contributed by atoms with Crippen LogP contribution in [0.15, 0.2) is 18.6 Å². The first kappa shape index (κ1) is 10.7. The largest absolute Gasteiger partial charge is 0.309 e. The van der Waals surface area contributed by atoms with Gasteiger partial charge in [0.1, 0.15) is 12.1 Å². The lowest BCUT2D eigenvalue weighted by atomic mass is 10.0. The first-order valence-electron chi connectivity index (χ1n) is 5.96. The summed E-state index contributed by atoms with van der Waals surface area (Å²) < 4.78 is 0. The SMILES string of the molecule is CN1CC2(CC2)C[C@H]1C(=O)Nc1ccncn1. The molecule has 2 aliphatic rings. The second-order valence-corrected chi connectivity index (χ2v) is 5.22. The molecule has 5 nitrogen and oxygen atoms in total. The van der Waals surface area contributed by atoms with Gasteiger partial charge >= 0.3 is 0 Å². The third kappa shape index (κ3) is 2.02. The van der Waals surface area contributed by atoms with Gasteiger partial charge < -0.3 is 5.32 Å². The number of hydrogen-bond acceptors (Lipinski definition) is 4. The smallest absolute Gasteiger partial charge is 0.242 e. The zero-order valence-electron chi connectivity index (χ0n) is 9.89. The molecule has 2 fully saturated rings. The Hall–Kier alpha value is -1.49. The normalized spacial score (nSPS) is 26.1. The predicted octanol–water partition coefficient (Wildman–Crippen LogP) is 0.899. The fraction of sp³-hybridized carbons (Fsp3) is 0.583. The van der Waals surface area contributed by atoms with Gasteiger partial charge in [0, 0.05) is 12.7 Å². The maximum atomic E-state index is 12.1. The lowest BCUT2D eigenvalue weighted by Crippen LogP contribution is -2.37. The second kappa shape index (κ2) is 3.77. The van der Waals surface area contributed by atoms with Gasteiger partial charge in [-0.15, -0.1) is 0 Å². The van der Waals surface area contributed by atoms with E-state index in [2.05, 4.69) is 20.2 Å². The number of rotatable bonds is 2. The summed E-state index contributed by atoms with van der Waals surface area (Å²) in [5, 5.41) is 2.85. The Kier molecular flexibility index (Phi) is 2.36. The third-order valence-corrected chi connectivity index (χ3v) is 3.84. The molecule has 1 aliphatic heterocycles. The molecule has 1 aliphatic carbocycles. The molecule has 1 atom stereocenters. The minimum Gasteiger partial charge on any atom is -0.309 e. The molecule has 1 amide bonds. The molecule has 0 unspecified atom stereocenters. The number of likely N-dealkylation sites (tertiary alicyclic amines) is 1. The molecule has 1 saturated carbocycles. The summed E-state index contributed by atoms with van der Waals surface area (Å²) in [4.78, 5) is 22.1. The fourth-order valence-electron chi connectivity index (χ4n) is 2.68. The van der Waals surface area contributed by atoms with E-state index < -0.39 is 0 Å². The van der Waals surface area contributed by atoms with E-state index in [9.17, 15) is 4.79 Å². The molecule has 1 spiro atoms. The minimum atomic E-state index is -0.00698. The minimum absolute atomic E-state index is 0.00698. The van der Waals surface area contributed by atoms with Crippen molar-refractivity contribution in [2.75, 3.05) is 18.9 Å². The molecule has 5 heteroatoms. The van der Waals surface area contributed by atoms with E-state index in [0.717, 1.165) is 13.0 Å². The molecule has 1 aromatic heterocycles. The zero-order valence-corrected chi connectivity index (χ0v) is 9.89. The summed E-state index contributed by atoms with van der Waals surface area (Å²) in [6.45, 7) is 1.05. The maximum Gasteiger partial charge on any atom is 0.242 e. The Morgan fingerprint density at radius 1 is 1.59 bits per heavy atom. The number of nitrogens with one attached hydrogen (secondary N) is 1. The summed E-state index contributed by atoms with van der Waals surface area (Å²) in [5.41, 5.74) is 0.447. The van der Waals surface area contributed by atoms with Gasteiger partial charge in [-0.2, -0.15) is 0 Å². The van der Waals surface area contributed by atoms with Crippen LogP contribution >= 0.6 is 0 Å². The van der Waals surface area contributed by atoms with Crippen molar-refractivity contribution in [2.24, 2.45) is 5.41 Å². The van der Waals surface area contributed by atoms with E-state index in [0.29, 0.717) is 11.2 Å². The Morgan fingerprint density at radius 2 is 2.41 bits per heavy atom. The predicted molar refractivity (Wildman–Crippen MR) is 63.4 cm³/mol. The molecular formula is C12H16N4O. The zero-order chi connectivity index (χ0) is 11.9. The molecule has 3 rings (SSSR count). The number of carbonyl (C=O) groups is 1. The van der Waals surface area contributed by atoms with Crippen molar-refractivity contribution in [1.29, 1.82) is 0 Å². The highest BCUT2D eigenvalue weighted by Crippen LogP contribution is 2.54. The first-order valence-corrected chi connectivity index (χ1v) is 5.96. The quantitative estimate of drug-likeness (QED) is 0.823. The Labute approximate surface area is 100 Å². The molecule has 0 aromatic carbocycles. The van der Waals surface area contributed by atoms with E-state index >= 15 is 0 Å². The van der Waals surface area contributed by atoms with Gasteiger partial charge in [0.25, 0.3) is 0 Å². The van der Waals surface area contributed by atoms with E-state index in [4.69, 9.17) is 0 Å². The summed E-state index contributed by atoms with van der Waals surface area (Å²) in [6.07, 6.45) is 6.60. The van der Waals surface area contributed by atoms with Crippen molar-refractivity contribution in [3.63, 3.8) is 0 Å². The standard InChI is InChI=1S/C12H16N4O/c1-16-7-12(3-4-12)6-9(16)11(17)15-10-2-5-13-8-14-10/h2,5,8-9H,3-4,6-7H2,1H3,(H,13,14,15,17)/t9-/m0/s1. The van der Waals surface area contributed by atoms with Crippen LogP contribution in [0.25, 0.3) is 0 Å². The van der Waals surface area contributed by atoms with Crippen LogP contribution < -0.4 is 5.32 Å². The lowest BCUT2D eigenvalue weighted by molar-refractivity contribution is -0.120. The summed E-state index contributed by atoms with van der Waals surface area (Å²) in [7, 11) is 2.03. The first-order chi connectivity index (χ1) is 8.19. The van der Waals surface area contributed by atoms with Gasteiger partial charge in [-0.3, -0.25) is 9.69 Å². The van der Waals surface area contributed by atoms with Crippen LogP contribution in [-0.2, 0) is 4.79 Å². The highest BCUT2D eigenvalue weighted by Gasteiger charge is 2.52. The topological polar surface area (TPSA) is 58.1 Å². The average Bonchev–Trinajstić information content (AvgIpc) is 2.97. The number of likely N-dealkylation sites (N-methyl/N-ethyl adjacent to an activating group) is 1. The third-order valence-electron chi connectivity index (χ3n) is 3.84. The monoisotopic (exact) mass is 232 g/mol. The van der Waals surface area contributed by atoms with Crippen LogP contribution in [-0.4, -0.2) is 40.4 Å². The van der Waals surface area contributed by atoms with Crippen LogP contribution in [0.2, 0.25) is 0 Å². The molecule has 2 heterocycles. The van der Waals surface area contributed by atoms with Crippen molar-refractivity contribution in [3.8, 4) is 0 Å². The van der Waals surface area contributed by atoms with Gasteiger partial charge in [-0.1, -0.05) is 0 Å². The van der Waals surface area contributed by atoms with Crippen LogP contribution in [0, 0.1) is 5.41 Å². The maximum absolute atomic E-state index is 12.1. The Balaban J connectivity index is 1.67. The van der Waals surface area contributed by atoms with E-state index in [-0.39, 0.29) is 11.9 Å². The van der Waals surface area contributed by atoms with Crippen molar-refractivity contribution in [1.82, 2.24) is 14.9 Å². The number of nitrogens with zero attached hydrogens (tertiary/aromatic N) is 3. The van der Waals surface area contributed by atoms with Crippen molar-refractivity contribution in [3.05, 3.63) is 18.6 Å². The average molecular weight is 232 g/mol. The summed E-state index contributed by atoms with van der Waals surface area (Å²) in [6, 6.07) is 1.70. The fourth-order valence-corrected chi connectivity index (χ4v) is 2.68.